The molecule has 0 bridgehead atoms. The summed E-state index contributed by atoms with van der Waals surface area (Å²) in [4.78, 5) is 9.87. The van der Waals surface area contributed by atoms with Gasteiger partial charge in [-0.1, -0.05) is 147 Å². The standard InChI is InChI=1S/C60H58N4O/c1-58(2,3)44-28-29-61-57(36-44)64-53-27-24-42(40-18-12-10-13-19-40)32-52(53)51-26-25-49(38-56(51)64)65-50-35-46(60(7,8)9)34-48(37-50)63-39-62(54-22-16-17-23-55(54)63)47-31-43(41-20-14-11-15-21-41)30-45(33-47)59(4,5)6/h10-38H,39H2,1-9H3. The first-order valence-electron chi connectivity index (χ1n) is 22.9. The Morgan fingerprint density at radius 2 is 1.00 bits per heavy atom. The van der Waals surface area contributed by atoms with Gasteiger partial charge < -0.3 is 14.5 Å². The Labute approximate surface area is 384 Å². The first kappa shape index (κ1) is 41.9. The summed E-state index contributed by atoms with van der Waals surface area (Å²) in [6, 6.07) is 61.6. The average Bonchev–Trinajstić information content (AvgIpc) is 3.84. The Hall–Kier alpha value is -7.11. The van der Waals surface area contributed by atoms with Crippen LogP contribution in [-0.4, -0.2) is 16.2 Å². The molecule has 0 saturated carbocycles. The molecule has 5 nitrogen and oxygen atoms in total. The monoisotopic (exact) mass is 850 g/mol. The molecule has 0 unspecified atom stereocenters. The highest BCUT2D eigenvalue weighted by Gasteiger charge is 2.31. The van der Waals surface area contributed by atoms with Gasteiger partial charge in [0, 0.05) is 40.5 Å². The van der Waals surface area contributed by atoms with Gasteiger partial charge in [-0.3, -0.25) is 4.57 Å². The Balaban J connectivity index is 1.07. The van der Waals surface area contributed by atoms with Gasteiger partial charge in [0.25, 0.3) is 0 Å². The number of hydrogen-bond acceptors (Lipinski definition) is 4. The highest BCUT2D eigenvalue weighted by molar-refractivity contribution is 6.10. The van der Waals surface area contributed by atoms with E-state index in [4.69, 9.17) is 9.72 Å². The van der Waals surface area contributed by atoms with Crippen LogP contribution in [0.25, 0.3) is 49.9 Å². The average molecular weight is 851 g/mol. The number of para-hydroxylation sites is 2. The summed E-state index contributed by atoms with van der Waals surface area (Å²) in [6.45, 7) is 21.1. The van der Waals surface area contributed by atoms with E-state index in [-0.39, 0.29) is 16.2 Å². The Morgan fingerprint density at radius 3 is 1.63 bits per heavy atom. The van der Waals surface area contributed by atoms with Crippen LogP contribution in [0.3, 0.4) is 0 Å². The van der Waals surface area contributed by atoms with Gasteiger partial charge in [-0.05, 0) is 128 Å². The summed E-state index contributed by atoms with van der Waals surface area (Å²) in [6.07, 6.45) is 1.94. The third kappa shape index (κ3) is 8.05. The maximum absolute atomic E-state index is 7.02. The van der Waals surface area contributed by atoms with Crippen molar-refractivity contribution < 1.29 is 4.74 Å². The van der Waals surface area contributed by atoms with Gasteiger partial charge in [0.1, 0.15) is 24.0 Å². The minimum Gasteiger partial charge on any atom is -0.457 e. The maximum atomic E-state index is 7.02. The molecule has 0 radical (unpaired) electrons. The Kier molecular flexibility index (Phi) is 10.2. The first-order valence-corrected chi connectivity index (χ1v) is 22.9. The molecule has 0 amide bonds. The van der Waals surface area contributed by atoms with E-state index in [2.05, 4.69) is 247 Å². The number of ether oxygens (including phenoxy) is 1. The van der Waals surface area contributed by atoms with E-state index in [0.717, 1.165) is 45.1 Å². The Morgan fingerprint density at radius 1 is 0.415 bits per heavy atom. The molecule has 3 heterocycles. The minimum atomic E-state index is -0.130. The van der Waals surface area contributed by atoms with Gasteiger partial charge in [0.15, 0.2) is 0 Å². The minimum absolute atomic E-state index is 0.0266. The lowest BCUT2D eigenvalue weighted by molar-refractivity contribution is 0.479. The van der Waals surface area contributed by atoms with Crippen LogP contribution in [0.15, 0.2) is 176 Å². The predicted molar refractivity (Wildman–Crippen MR) is 274 cm³/mol. The van der Waals surface area contributed by atoms with Crippen LogP contribution in [0.1, 0.15) is 79.0 Å². The number of benzene rings is 7. The number of aromatic nitrogens is 2. The molecular formula is C60H58N4O. The van der Waals surface area contributed by atoms with Crippen molar-refractivity contribution in [2.24, 2.45) is 0 Å². The number of fused-ring (bicyclic) bond motifs is 4. The van der Waals surface area contributed by atoms with Crippen molar-refractivity contribution in [2.75, 3.05) is 16.5 Å². The van der Waals surface area contributed by atoms with Crippen molar-refractivity contribution in [1.29, 1.82) is 0 Å². The van der Waals surface area contributed by atoms with Crippen molar-refractivity contribution in [3.8, 4) is 39.6 Å². The molecule has 0 saturated heterocycles. The third-order valence-electron chi connectivity index (χ3n) is 12.9. The molecular weight excluding hydrogens is 793 g/mol. The molecule has 1 aliphatic rings. The fourth-order valence-electron chi connectivity index (χ4n) is 9.15. The van der Waals surface area contributed by atoms with Crippen molar-refractivity contribution in [2.45, 2.75) is 78.6 Å². The normalized spacial score (nSPS) is 13.2. The zero-order valence-electron chi connectivity index (χ0n) is 39.1. The smallest absolute Gasteiger partial charge is 0.137 e. The van der Waals surface area contributed by atoms with Crippen LogP contribution in [0.2, 0.25) is 0 Å². The van der Waals surface area contributed by atoms with E-state index < -0.39 is 0 Å². The Bertz CT molecular complexity index is 3220. The van der Waals surface area contributed by atoms with Gasteiger partial charge in [-0.25, -0.2) is 4.98 Å². The zero-order valence-corrected chi connectivity index (χ0v) is 39.1. The van der Waals surface area contributed by atoms with Crippen LogP contribution in [0, 0.1) is 0 Å². The van der Waals surface area contributed by atoms with Crippen LogP contribution in [0.5, 0.6) is 11.5 Å². The molecule has 10 rings (SSSR count). The molecule has 5 heteroatoms. The van der Waals surface area contributed by atoms with Gasteiger partial charge in [-0.15, -0.1) is 0 Å². The number of hydrogen-bond donors (Lipinski definition) is 0. The van der Waals surface area contributed by atoms with Gasteiger partial charge in [0.2, 0.25) is 0 Å². The molecule has 324 valence electrons. The van der Waals surface area contributed by atoms with E-state index in [1.54, 1.807) is 0 Å². The molecule has 0 spiro atoms. The van der Waals surface area contributed by atoms with Crippen LogP contribution >= 0.6 is 0 Å². The first-order chi connectivity index (χ1) is 31.1. The summed E-state index contributed by atoms with van der Waals surface area (Å²) >= 11 is 0. The summed E-state index contributed by atoms with van der Waals surface area (Å²) in [5.74, 6) is 2.45. The fraction of sp³-hybridized carbons (Fsp3) is 0.217. The SMILES string of the molecule is CC(C)(C)c1cc(Oc2ccc3c4cc(-c5ccccc5)ccc4n(-c4cc(C(C)(C)C)ccn4)c3c2)cc(N2CN(c3cc(-c4ccccc4)cc(C(C)(C)C)c3)c3ccccc32)c1. The lowest BCUT2D eigenvalue weighted by Crippen LogP contribution is -2.25. The van der Waals surface area contributed by atoms with Crippen molar-refractivity contribution in [1.82, 2.24) is 9.55 Å². The molecule has 2 aromatic heterocycles. The summed E-state index contributed by atoms with van der Waals surface area (Å²) in [5, 5.41) is 2.33. The van der Waals surface area contributed by atoms with E-state index in [1.165, 1.54) is 55.7 Å². The topological polar surface area (TPSA) is 33.5 Å². The van der Waals surface area contributed by atoms with Crippen molar-refractivity contribution in [3.63, 3.8) is 0 Å². The van der Waals surface area contributed by atoms with Crippen LogP contribution in [-0.2, 0) is 16.2 Å². The predicted octanol–water partition coefficient (Wildman–Crippen LogP) is 16.4. The molecule has 9 aromatic rings. The van der Waals surface area contributed by atoms with Crippen molar-refractivity contribution in [3.05, 3.63) is 193 Å². The fourth-order valence-corrected chi connectivity index (χ4v) is 9.15. The van der Waals surface area contributed by atoms with Crippen molar-refractivity contribution >= 4 is 44.6 Å². The molecule has 7 aromatic carbocycles. The van der Waals surface area contributed by atoms with Gasteiger partial charge in [-0.2, -0.15) is 0 Å². The lowest BCUT2D eigenvalue weighted by atomic mass is 9.85. The highest BCUT2D eigenvalue weighted by Crippen LogP contribution is 2.48. The second kappa shape index (κ2) is 15.8. The van der Waals surface area contributed by atoms with Crippen LogP contribution < -0.4 is 14.5 Å². The van der Waals surface area contributed by atoms with Crippen LogP contribution in [0.4, 0.5) is 22.7 Å². The summed E-state index contributed by atoms with van der Waals surface area (Å²) in [5.41, 5.74) is 15.1. The zero-order chi connectivity index (χ0) is 45.3. The molecule has 0 fully saturated rings. The number of rotatable bonds is 7. The van der Waals surface area contributed by atoms with E-state index in [1.807, 2.05) is 6.20 Å². The second-order valence-electron chi connectivity index (χ2n) is 20.7. The number of anilines is 4. The summed E-state index contributed by atoms with van der Waals surface area (Å²) in [7, 11) is 0. The molecule has 65 heavy (non-hydrogen) atoms. The van der Waals surface area contributed by atoms with Gasteiger partial charge >= 0.3 is 0 Å². The quantitative estimate of drug-likeness (QED) is 0.160. The number of pyridine rings is 1. The molecule has 0 N–H and O–H groups in total. The van der Waals surface area contributed by atoms with E-state index in [0.29, 0.717) is 6.67 Å². The number of nitrogens with zero attached hydrogens (tertiary/aromatic N) is 4. The van der Waals surface area contributed by atoms with E-state index >= 15 is 0 Å². The third-order valence-corrected chi connectivity index (χ3v) is 12.9. The molecule has 1 aliphatic heterocycles. The largest absolute Gasteiger partial charge is 0.457 e. The highest BCUT2D eigenvalue weighted by atomic mass is 16.5. The maximum Gasteiger partial charge on any atom is 0.137 e. The second-order valence-corrected chi connectivity index (χ2v) is 20.7. The summed E-state index contributed by atoms with van der Waals surface area (Å²) < 4.78 is 9.32. The van der Waals surface area contributed by atoms with Gasteiger partial charge in [0.05, 0.1) is 22.4 Å². The van der Waals surface area contributed by atoms with E-state index in [9.17, 15) is 0 Å². The molecule has 0 aliphatic carbocycles. The molecule has 0 atom stereocenters. The lowest BCUT2D eigenvalue weighted by Gasteiger charge is -2.27.